The highest BCUT2D eigenvalue weighted by Gasteiger charge is 2.08. The van der Waals surface area contributed by atoms with Crippen molar-refractivity contribution in [3.8, 4) is 11.5 Å². The maximum absolute atomic E-state index is 5.88. The maximum Gasteiger partial charge on any atom is 0.161 e. The second-order valence-electron chi connectivity index (χ2n) is 4.80. The van der Waals surface area contributed by atoms with Crippen molar-refractivity contribution in [2.75, 3.05) is 13.7 Å². The number of rotatable bonds is 7. The van der Waals surface area contributed by atoms with Gasteiger partial charge in [0.2, 0.25) is 0 Å². The fraction of sp³-hybridized carbons (Fsp3) is 0.353. The molecule has 0 aliphatic heterocycles. The zero-order valence-corrected chi connectivity index (χ0v) is 12.8. The molecule has 0 spiro atoms. The van der Waals surface area contributed by atoms with Crippen molar-refractivity contribution < 1.29 is 9.47 Å². The number of benzene rings is 1. The van der Waals surface area contributed by atoms with Gasteiger partial charge in [-0.25, -0.2) is 0 Å². The third-order valence-corrected chi connectivity index (χ3v) is 3.17. The van der Waals surface area contributed by atoms with Crippen LogP contribution in [0.4, 0.5) is 0 Å². The Morgan fingerprint density at radius 3 is 2.71 bits per heavy atom. The Kier molecular flexibility index (Phi) is 5.58. The predicted octanol–water partition coefficient (Wildman–Crippen LogP) is 3.09. The van der Waals surface area contributed by atoms with Crippen molar-refractivity contribution in [1.82, 2.24) is 10.3 Å². The van der Waals surface area contributed by atoms with E-state index in [0.29, 0.717) is 13.2 Å². The average Bonchev–Trinajstić information content (AvgIpc) is 2.49. The standard InChI is InChI=1S/C17H22N2O2/c1-4-20-17-10-14(11-18-3)7-8-16(17)21-12-15-13(2)6-5-9-19-15/h5-10,18H,4,11-12H2,1-3H3. The summed E-state index contributed by atoms with van der Waals surface area (Å²) in [6, 6.07) is 9.97. The summed E-state index contributed by atoms with van der Waals surface area (Å²) in [5, 5.41) is 3.13. The lowest BCUT2D eigenvalue weighted by molar-refractivity contribution is 0.265. The van der Waals surface area contributed by atoms with Gasteiger partial charge in [0.1, 0.15) is 6.61 Å². The lowest BCUT2D eigenvalue weighted by Crippen LogP contribution is -2.06. The normalized spacial score (nSPS) is 10.4. The number of nitrogens with zero attached hydrogens (tertiary/aromatic N) is 1. The molecule has 4 heteroatoms. The van der Waals surface area contributed by atoms with E-state index in [2.05, 4.69) is 10.3 Å². The number of aromatic nitrogens is 1. The molecule has 0 saturated carbocycles. The first-order valence-electron chi connectivity index (χ1n) is 7.18. The van der Waals surface area contributed by atoms with Gasteiger partial charge in [0.15, 0.2) is 11.5 Å². The van der Waals surface area contributed by atoms with Crippen LogP contribution >= 0.6 is 0 Å². The zero-order chi connectivity index (χ0) is 15.1. The molecule has 1 aromatic heterocycles. The van der Waals surface area contributed by atoms with Gasteiger partial charge in [-0.15, -0.1) is 0 Å². The average molecular weight is 286 g/mol. The Bertz CT molecular complexity index is 585. The molecule has 4 nitrogen and oxygen atoms in total. The van der Waals surface area contributed by atoms with Crippen molar-refractivity contribution >= 4 is 0 Å². The van der Waals surface area contributed by atoms with Gasteiger partial charge < -0.3 is 14.8 Å². The van der Waals surface area contributed by atoms with E-state index in [1.54, 1.807) is 6.20 Å². The minimum absolute atomic E-state index is 0.443. The summed E-state index contributed by atoms with van der Waals surface area (Å²) >= 11 is 0. The van der Waals surface area contributed by atoms with Crippen molar-refractivity contribution in [2.24, 2.45) is 0 Å². The second-order valence-corrected chi connectivity index (χ2v) is 4.80. The highest BCUT2D eigenvalue weighted by molar-refractivity contribution is 5.43. The molecule has 1 heterocycles. The van der Waals surface area contributed by atoms with E-state index in [-0.39, 0.29) is 0 Å². The summed E-state index contributed by atoms with van der Waals surface area (Å²) < 4.78 is 11.6. The number of aryl methyl sites for hydroxylation is 1. The van der Waals surface area contributed by atoms with Gasteiger partial charge in [-0.2, -0.15) is 0 Å². The van der Waals surface area contributed by atoms with Crippen LogP contribution in [0.2, 0.25) is 0 Å². The summed E-state index contributed by atoms with van der Waals surface area (Å²) in [7, 11) is 1.93. The molecule has 2 rings (SSSR count). The molecule has 21 heavy (non-hydrogen) atoms. The second kappa shape index (κ2) is 7.64. The van der Waals surface area contributed by atoms with E-state index in [1.807, 2.05) is 51.2 Å². The van der Waals surface area contributed by atoms with Gasteiger partial charge in [-0.3, -0.25) is 4.98 Å². The lowest BCUT2D eigenvalue weighted by Gasteiger charge is -2.14. The minimum atomic E-state index is 0.443. The van der Waals surface area contributed by atoms with Crippen LogP contribution in [-0.2, 0) is 13.2 Å². The van der Waals surface area contributed by atoms with E-state index >= 15 is 0 Å². The first kappa shape index (κ1) is 15.3. The SMILES string of the molecule is CCOc1cc(CNC)ccc1OCc1ncccc1C. The molecule has 0 aliphatic rings. The molecule has 0 amide bonds. The van der Waals surface area contributed by atoms with Gasteiger partial charge >= 0.3 is 0 Å². The van der Waals surface area contributed by atoms with Crippen LogP contribution in [0.1, 0.15) is 23.7 Å². The predicted molar refractivity (Wildman–Crippen MR) is 83.7 cm³/mol. The van der Waals surface area contributed by atoms with Crippen LogP contribution in [0.15, 0.2) is 36.5 Å². The largest absolute Gasteiger partial charge is 0.490 e. The lowest BCUT2D eigenvalue weighted by atomic mass is 10.2. The van der Waals surface area contributed by atoms with Crippen LogP contribution in [-0.4, -0.2) is 18.6 Å². The molecule has 0 bridgehead atoms. The van der Waals surface area contributed by atoms with Crippen molar-refractivity contribution in [3.05, 3.63) is 53.3 Å². The Morgan fingerprint density at radius 2 is 2.00 bits per heavy atom. The third kappa shape index (κ3) is 4.20. The number of ether oxygens (including phenoxy) is 2. The fourth-order valence-corrected chi connectivity index (χ4v) is 2.07. The van der Waals surface area contributed by atoms with Crippen molar-refractivity contribution in [1.29, 1.82) is 0 Å². The van der Waals surface area contributed by atoms with Crippen molar-refractivity contribution in [3.63, 3.8) is 0 Å². The minimum Gasteiger partial charge on any atom is -0.490 e. The molecule has 1 N–H and O–H groups in total. The van der Waals surface area contributed by atoms with Crippen LogP contribution in [0.25, 0.3) is 0 Å². The van der Waals surface area contributed by atoms with Gasteiger partial charge in [0, 0.05) is 12.7 Å². The van der Waals surface area contributed by atoms with E-state index in [1.165, 1.54) is 5.56 Å². The third-order valence-electron chi connectivity index (χ3n) is 3.17. The quantitative estimate of drug-likeness (QED) is 0.849. The molecule has 0 fully saturated rings. The summed E-state index contributed by atoms with van der Waals surface area (Å²) in [6.45, 7) is 5.86. The maximum atomic E-state index is 5.88. The zero-order valence-electron chi connectivity index (χ0n) is 12.8. The summed E-state index contributed by atoms with van der Waals surface area (Å²) in [4.78, 5) is 4.34. The van der Waals surface area contributed by atoms with Crippen LogP contribution in [0.3, 0.4) is 0 Å². The first-order valence-corrected chi connectivity index (χ1v) is 7.18. The van der Waals surface area contributed by atoms with Crippen LogP contribution in [0, 0.1) is 6.92 Å². The van der Waals surface area contributed by atoms with Crippen LogP contribution < -0.4 is 14.8 Å². The Balaban J connectivity index is 2.13. The molecular weight excluding hydrogens is 264 g/mol. The van der Waals surface area contributed by atoms with E-state index < -0.39 is 0 Å². The molecular formula is C17H22N2O2. The summed E-state index contributed by atoms with van der Waals surface area (Å²) in [5.41, 5.74) is 3.24. The Hall–Kier alpha value is -2.07. The number of pyridine rings is 1. The van der Waals surface area contributed by atoms with Crippen LogP contribution in [0.5, 0.6) is 11.5 Å². The molecule has 1 aromatic carbocycles. The van der Waals surface area contributed by atoms with Gasteiger partial charge in [-0.05, 0) is 50.2 Å². The fourth-order valence-electron chi connectivity index (χ4n) is 2.07. The molecule has 0 atom stereocenters. The summed E-state index contributed by atoms with van der Waals surface area (Å²) in [6.07, 6.45) is 1.78. The Morgan fingerprint density at radius 1 is 1.14 bits per heavy atom. The van der Waals surface area contributed by atoms with Gasteiger partial charge in [0.05, 0.1) is 12.3 Å². The number of nitrogens with one attached hydrogen (secondary N) is 1. The molecule has 0 saturated heterocycles. The van der Waals surface area contributed by atoms with E-state index in [0.717, 1.165) is 29.3 Å². The molecule has 112 valence electrons. The van der Waals surface area contributed by atoms with E-state index in [4.69, 9.17) is 9.47 Å². The first-order chi connectivity index (χ1) is 10.2. The van der Waals surface area contributed by atoms with E-state index in [9.17, 15) is 0 Å². The topological polar surface area (TPSA) is 43.4 Å². The molecule has 0 radical (unpaired) electrons. The smallest absolute Gasteiger partial charge is 0.161 e. The monoisotopic (exact) mass is 286 g/mol. The van der Waals surface area contributed by atoms with Crippen molar-refractivity contribution in [2.45, 2.75) is 27.0 Å². The van der Waals surface area contributed by atoms with Gasteiger partial charge in [0.25, 0.3) is 0 Å². The molecule has 0 aliphatic carbocycles. The number of hydrogen-bond acceptors (Lipinski definition) is 4. The molecule has 0 unspecified atom stereocenters. The number of hydrogen-bond donors (Lipinski definition) is 1. The van der Waals surface area contributed by atoms with Gasteiger partial charge in [-0.1, -0.05) is 12.1 Å². The highest BCUT2D eigenvalue weighted by atomic mass is 16.5. The molecule has 2 aromatic rings. The Labute approximate surface area is 126 Å². The highest BCUT2D eigenvalue weighted by Crippen LogP contribution is 2.29. The summed E-state index contributed by atoms with van der Waals surface area (Å²) in [5.74, 6) is 1.53.